The van der Waals surface area contributed by atoms with Crippen LogP contribution in [0.25, 0.3) is 0 Å². The van der Waals surface area contributed by atoms with Gasteiger partial charge in [0.2, 0.25) is 0 Å². The normalized spacial score (nSPS) is 23.5. The van der Waals surface area contributed by atoms with Gasteiger partial charge in [-0.15, -0.1) is 24.0 Å². The minimum atomic E-state index is -0.0294. The number of esters is 1. The second-order valence-corrected chi connectivity index (χ2v) is 9.79. The lowest BCUT2D eigenvalue weighted by Gasteiger charge is -2.47. The molecule has 3 rings (SSSR count). The first kappa shape index (κ1) is 26.0. The zero-order valence-electron chi connectivity index (χ0n) is 18.9. The Labute approximate surface area is 204 Å². The molecule has 174 valence electrons. The Morgan fingerprint density at radius 3 is 2.37 bits per heavy atom. The van der Waals surface area contributed by atoms with Crippen LogP contribution in [0.15, 0.2) is 4.99 Å². The molecule has 0 unspecified atom stereocenters. The molecule has 2 aliphatic heterocycles. The molecular weight excluding hydrogens is 511 g/mol. The van der Waals surface area contributed by atoms with Gasteiger partial charge in [-0.05, 0) is 39.5 Å². The Balaban J connectivity index is 0.00000320. The maximum Gasteiger partial charge on any atom is 0.309 e. The van der Waals surface area contributed by atoms with Gasteiger partial charge in [-0.1, -0.05) is 19.3 Å². The minimum Gasteiger partial charge on any atom is -0.466 e. The maximum absolute atomic E-state index is 12.1. The lowest BCUT2D eigenvalue weighted by Crippen LogP contribution is -2.56. The summed E-state index contributed by atoms with van der Waals surface area (Å²) in [4.78, 5) is 22.3. The number of hydrogen-bond donors (Lipinski definition) is 1. The molecule has 0 bridgehead atoms. The summed E-state index contributed by atoms with van der Waals surface area (Å²) in [6.45, 7) is 10.4. The van der Waals surface area contributed by atoms with Crippen LogP contribution in [0, 0.1) is 5.92 Å². The van der Waals surface area contributed by atoms with Gasteiger partial charge in [-0.2, -0.15) is 11.8 Å². The fourth-order valence-corrected chi connectivity index (χ4v) is 5.96. The number of piperidine rings is 1. The number of rotatable bonds is 6. The van der Waals surface area contributed by atoms with E-state index >= 15 is 0 Å². The molecule has 1 aliphatic carbocycles. The van der Waals surface area contributed by atoms with E-state index in [1.54, 1.807) is 0 Å². The van der Waals surface area contributed by atoms with E-state index in [-0.39, 0.29) is 41.4 Å². The number of ether oxygens (including phenoxy) is 1. The van der Waals surface area contributed by atoms with E-state index in [2.05, 4.69) is 33.8 Å². The van der Waals surface area contributed by atoms with Crippen molar-refractivity contribution in [2.24, 2.45) is 10.9 Å². The second kappa shape index (κ2) is 13.4. The molecule has 0 aromatic heterocycles. The summed E-state index contributed by atoms with van der Waals surface area (Å²) in [5.74, 6) is 3.56. The highest BCUT2D eigenvalue weighted by molar-refractivity contribution is 14.0. The maximum atomic E-state index is 12.1. The smallest absolute Gasteiger partial charge is 0.309 e. The van der Waals surface area contributed by atoms with Crippen LogP contribution >= 0.6 is 35.7 Å². The average Bonchev–Trinajstić information content (AvgIpc) is 2.78. The van der Waals surface area contributed by atoms with Crippen molar-refractivity contribution >= 4 is 47.7 Å². The van der Waals surface area contributed by atoms with Gasteiger partial charge in [0.25, 0.3) is 0 Å². The first-order valence-electron chi connectivity index (χ1n) is 11.7. The fourth-order valence-electron chi connectivity index (χ4n) is 5.06. The van der Waals surface area contributed by atoms with E-state index in [1.807, 2.05) is 6.92 Å². The Hall–Kier alpha value is -0.220. The highest BCUT2D eigenvalue weighted by Gasteiger charge is 2.38. The fraction of sp³-hybridized carbons (Fsp3) is 0.909. The molecule has 0 spiro atoms. The first-order valence-corrected chi connectivity index (χ1v) is 12.9. The van der Waals surface area contributed by atoms with E-state index in [4.69, 9.17) is 9.73 Å². The van der Waals surface area contributed by atoms with Crippen molar-refractivity contribution < 1.29 is 9.53 Å². The predicted octanol–water partition coefficient (Wildman–Crippen LogP) is 3.60. The van der Waals surface area contributed by atoms with Crippen LogP contribution in [0.4, 0.5) is 0 Å². The molecule has 0 aromatic rings. The van der Waals surface area contributed by atoms with Crippen LogP contribution in [0.1, 0.15) is 58.8 Å². The number of nitrogens with zero attached hydrogens (tertiary/aromatic N) is 3. The predicted molar refractivity (Wildman–Crippen MR) is 137 cm³/mol. The molecule has 1 saturated carbocycles. The van der Waals surface area contributed by atoms with Crippen LogP contribution in [0.3, 0.4) is 0 Å². The van der Waals surface area contributed by atoms with Gasteiger partial charge >= 0.3 is 5.97 Å². The van der Waals surface area contributed by atoms with Gasteiger partial charge in [0, 0.05) is 49.8 Å². The standard InChI is InChI=1S/C22H40N4O2S.HI/c1-3-23-21(25-12-8-19(9-13-25)20(27)28-4-2)24-18-22(10-6-5-7-11-22)26-14-16-29-17-15-26;/h19H,3-18H2,1-2H3,(H,23,24);1H. The van der Waals surface area contributed by atoms with Crippen LogP contribution in [-0.2, 0) is 9.53 Å². The molecule has 2 heterocycles. The Morgan fingerprint density at radius 1 is 1.10 bits per heavy atom. The summed E-state index contributed by atoms with van der Waals surface area (Å²) in [6.07, 6.45) is 8.32. The van der Waals surface area contributed by atoms with E-state index in [0.29, 0.717) is 6.61 Å². The van der Waals surface area contributed by atoms with Crippen molar-refractivity contribution in [3.05, 3.63) is 0 Å². The summed E-state index contributed by atoms with van der Waals surface area (Å²) in [6, 6.07) is 0. The lowest BCUT2D eigenvalue weighted by atomic mass is 9.80. The molecule has 8 heteroatoms. The van der Waals surface area contributed by atoms with Crippen molar-refractivity contribution in [1.29, 1.82) is 0 Å². The highest BCUT2D eigenvalue weighted by Crippen LogP contribution is 2.35. The molecular formula is C22H41IN4O2S. The Morgan fingerprint density at radius 2 is 1.77 bits per heavy atom. The molecule has 0 aromatic carbocycles. The second-order valence-electron chi connectivity index (χ2n) is 8.57. The lowest BCUT2D eigenvalue weighted by molar-refractivity contribution is -0.149. The quantitative estimate of drug-likeness (QED) is 0.235. The van der Waals surface area contributed by atoms with Crippen LogP contribution in [-0.4, -0.2) is 84.6 Å². The van der Waals surface area contributed by atoms with Crippen molar-refractivity contribution in [2.75, 3.05) is 57.4 Å². The van der Waals surface area contributed by atoms with Gasteiger partial charge in [0.15, 0.2) is 5.96 Å². The molecule has 0 radical (unpaired) electrons. The molecule has 0 amide bonds. The topological polar surface area (TPSA) is 57.2 Å². The molecule has 3 aliphatic rings. The highest BCUT2D eigenvalue weighted by atomic mass is 127. The zero-order chi connectivity index (χ0) is 20.5. The average molecular weight is 553 g/mol. The third-order valence-corrected chi connectivity index (χ3v) is 7.68. The summed E-state index contributed by atoms with van der Waals surface area (Å²) in [5.41, 5.74) is 0.253. The van der Waals surface area contributed by atoms with Crippen LogP contribution in [0.5, 0.6) is 0 Å². The summed E-state index contributed by atoms with van der Waals surface area (Å²) >= 11 is 2.09. The zero-order valence-corrected chi connectivity index (χ0v) is 22.0. The summed E-state index contributed by atoms with van der Waals surface area (Å²) in [7, 11) is 0. The number of carbonyl (C=O) groups excluding carboxylic acids is 1. The van der Waals surface area contributed by atoms with Crippen molar-refractivity contribution in [1.82, 2.24) is 15.1 Å². The first-order chi connectivity index (χ1) is 14.2. The Kier molecular flexibility index (Phi) is 11.6. The number of aliphatic imine (C=N–C) groups is 1. The van der Waals surface area contributed by atoms with Crippen molar-refractivity contribution in [3.8, 4) is 0 Å². The molecule has 3 fully saturated rings. The number of nitrogens with one attached hydrogen (secondary N) is 1. The SMILES string of the molecule is CCNC(=NCC1(N2CCSCC2)CCCCC1)N1CCC(C(=O)OCC)CC1.I. The minimum absolute atomic E-state index is 0. The van der Waals surface area contributed by atoms with Crippen LogP contribution < -0.4 is 5.32 Å². The van der Waals surface area contributed by atoms with Gasteiger partial charge in [0.1, 0.15) is 0 Å². The van der Waals surface area contributed by atoms with E-state index in [0.717, 1.165) is 45.0 Å². The van der Waals surface area contributed by atoms with Crippen molar-refractivity contribution in [2.45, 2.75) is 64.3 Å². The third-order valence-electron chi connectivity index (χ3n) is 6.74. The number of likely N-dealkylation sites (tertiary alicyclic amines) is 1. The van der Waals surface area contributed by atoms with E-state index < -0.39 is 0 Å². The monoisotopic (exact) mass is 552 g/mol. The summed E-state index contributed by atoms with van der Waals surface area (Å²) in [5, 5.41) is 3.52. The summed E-state index contributed by atoms with van der Waals surface area (Å²) < 4.78 is 5.22. The van der Waals surface area contributed by atoms with Crippen LogP contribution in [0.2, 0.25) is 0 Å². The van der Waals surface area contributed by atoms with Gasteiger partial charge in [-0.3, -0.25) is 14.7 Å². The third kappa shape index (κ3) is 6.89. The number of halogens is 1. The van der Waals surface area contributed by atoms with Crippen molar-refractivity contribution in [3.63, 3.8) is 0 Å². The number of thioether (sulfide) groups is 1. The number of carbonyl (C=O) groups is 1. The number of guanidine groups is 1. The molecule has 0 atom stereocenters. The van der Waals surface area contributed by atoms with Gasteiger partial charge < -0.3 is 15.0 Å². The number of hydrogen-bond acceptors (Lipinski definition) is 5. The van der Waals surface area contributed by atoms with Gasteiger partial charge in [-0.25, -0.2) is 0 Å². The van der Waals surface area contributed by atoms with E-state index in [1.165, 1.54) is 56.7 Å². The molecule has 30 heavy (non-hydrogen) atoms. The van der Waals surface area contributed by atoms with E-state index in [9.17, 15) is 4.79 Å². The van der Waals surface area contributed by atoms with Gasteiger partial charge in [0.05, 0.1) is 19.1 Å². The largest absolute Gasteiger partial charge is 0.466 e. The molecule has 1 N–H and O–H groups in total. The molecule has 6 nitrogen and oxygen atoms in total. The molecule has 2 saturated heterocycles. The Bertz CT molecular complexity index is 543.